The summed E-state index contributed by atoms with van der Waals surface area (Å²) in [5.74, 6) is 0. The van der Waals surface area contributed by atoms with Gasteiger partial charge in [-0.15, -0.1) is 0 Å². The Balaban J connectivity index is 1.77. The van der Waals surface area contributed by atoms with E-state index in [2.05, 4.69) is 12.1 Å². The summed E-state index contributed by atoms with van der Waals surface area (Å²) < 4.78 is 11.3. The zero-order valence-electron chi connectivity index (χ0n) is 10.2. The Hall–Kier alpha value is -0.900. The standard InChI is InChI=1S/C14H21NO2/c15-9-12-5-1-2-6-13(12)10-16-11-14-7-3-4-8-17-14/h1-2,5-6,14H,3-4,7-11,15H2. The first-order valence-corrected chi connectivity index (χ1v) is 6.36. The van der Waals surface area contributed by atoms with Gasteiger partial charge in [-0.1, -0.05) is 24.3 Å². The van der Waals surface area contributed by atoms with Crippen LogP contribution in [0.5, 0.6) is 0 Å². The van der Waals surface area contributed by atoms with Crippen LogP contribution < -0.4 is 5.73 Å². The first kappa shape index (κ1) is 12.6. The molecule has 2 N–H and O–H groups in total. The SMILES string of the molecule is NCc1ccccc1COCC1CCCCO1. The Kier molecular flexibility index (Phi) is 4.98. The molecular formula is C14H21NO2. The van der Waals surface area contributed by atoms with Crippen molar-refractivity contribution in [1.82, 2.24) is 0 Å². The molecule has 0 saturated carbocycles. The third-order valence-corrected chi connectivity index (χ3v) is 3.17. The fourth-order valence-electron chi connectivity index (χ4n) is 2.14. The van der Waals surface area contributed by atoms with Gasteiger partial charge in [-0.2, -0.15) is 0 Å². The normalized spacial score (nSPS) is 20.4. The summed E-state index contributed by atoms with van der Waals surface area (Å²) in [5, 5.41) is 0. The highest BCUT2D eigenvalue weighted by atomic mass is 16.5. The largest absolute Gasteiger partial charge is 0.376 e. The van der Waals surface area contributed by atoms with Crippen molar-refractivity contribution in [3.63, 3.8) is 0 Å². The van der Waals surface area contributed by atoms with Crippen LogP contribution in [0.15, 0.2) is 24.3 Å². The molecule has 1 aliphatic heterocycles. The van der Waals surface area contributed by atoms with Crippen LogP contribution in [-0.4, -0.2) is 19.3 Å². The van der Waals surface area contributed by atoms with E-state index in [4.69, 9.17) is 15.2 Å². The van der Waals surface area contributed by atoms with Crippen molar-refractivity contribution >= 4 is 0 Å². The molecule has 1 fully saturated rings. The van der Waals surface area contributed by atoms with Gasteiger partial charge in [0, 0.05) is 13.2 Å². The van der Waals surface area contributed by atoms with E-state index < -0.39 is 0 Å². The van der Waals surface area contributed by atoms with E-state index >= 15 is 0 Å². The number of hydrogen-bond acceptors (Lipinski definition) is 3. The number of nitrogens with two attached hydrogens (primary N) is 1. The van der Waals surface area contributed by atoms with Gasteiger partial charge in [-0.05, 0) is 30.4 Å². The third kappa shape index (κ3) is 3.80. The topological polar surface area (TPSA) is 44.5 Å². The average Bonchev–Trinajstić information content (AvgIpc) is 2.40. The van der Waals surface area contributed by atoms with Crippen LogP contribution in [-0.2, 0) is 22.6 Å². The molecule has 3 heteroatoms. The van der Waals surface area contributed by atoms with Gasteiger partial charge >= 0.3 is 0 Å². The summed E-state index contributed by atoms with van der Waals surface area (Å²) in [7, 11) is 0. The number of ether oxygens (including phenoxy) is 2. The molecule has 17 heavy (non-hydrogen) atoms. The molecule has 2 rings (SSSR count). The highest BCUT2D eigenvalue weighted by molar-refractivity contribution is 5.26. The lowest BCUT2D eigenvalue weighted by atomic mass is 10.1. The Labute approximate surface area is 103 Å². The molecule has 0 aliphatic carbocycles. The molecule has 1 saturated heterocycles. The summed E-state index contributed by atoms with van der Waals surface area (Å²) in [4.78, 5) is 0. The van der Waals surface area contributed by atoms with Crippen LogP contribution in [0.4, 0.5) is 0 Å². The molecule has 1 atom stereocenters. The van der Waals surface area contributed by atoms with Crippen LogP contribution in [0.1, 0.15) is 30.4 Å². The summed E-state index contributed by atoms with van der Waals surface area (Å²) in [6, 6.07) is 8.16. The minimum Gasteiger partial charge on any atom is -0.376 e. The Morgan fingerprint density at radius 2 is 2.06 bits per heavy atom. The van der Waals surface area contributed by atoms with Crippen molar-refractivity contribution in [2.24, 2.45) is 5.73 Å². The van der Waals surface area contributed by atoms with Gasteiger partial charge in [0.05, 0.1) is 19.3 Å². The van der Waals surface area contributed by atoms with E-state index in [0.717, 1.165) is 18.6 Å². The second-order valence-corrected chi connectivity index (χ2v) is 4.48. The molecule has 0 bridgehead atoms. The van der Waals surface area contributed by atoms with E-state index in [1.165, 1.54) is 18.4 Å². The quantitative estimate of drug-likeness (QED) is 0.851. The molecule has 1 heterocycles. The van der Waals surface area contributed by atoms with E-state index in [0.29, 0.717) is 19.8 Å². The molecule has 1 aromatic carbocycles. The van der Waals surface area contributed by atoms with Crippen molar-refractivity contribution in [3.8, 4) is 0 Å². The van der Waals surface area contributed by atoms with Crippen molar-refractivity contribution in [3.05, 3.63) is 35.4 Å². The fraction of sp³-hybridized carbons (Fsp3) is 0.571. The van der Waals surface area contributed by atoms with Crippen molar-refractivity contribution in [2.75, 3.05) is 13.2 Å². The van der Waals surface area contributed by atoms with Crippen LogP contribution in [0.25, 0.3) is 0 Å². The van der Waals surface area contributed by atoms with E-state index in [1.807, 2.05) is 12.1 Å². The summed E-state index contributed by atoms with van der Waals surface area (Å²) in [6.07, 6.45) is 3.85. The number of hydrogen-bond donors (Lipinski definition) is 1. The molecule has 1 aromatic rings. The lowest BCUT2D eigenvalue weighted by molar-refractivity contribution is -0.0448. The maximum atomic E-state index is 5.72. The highest BCUT2D eigenvalue weighted by Crippen LogP contribution is 2.14. The molecule has 0 aromatic heterocycles. The van der Waals surface area contributed by atoms with Gasteiger partial charge in [-0.3, -0.25) is 0 Å². The Bertz CT molecular complexity index is 335. The first-order chi connectivity index (χ1) is 8.40. The zero-order valence-corrected chi connectivity index (χ0v) is 10.2. The van der Waals surface area contributed by atoms with Gasteiger partial charge in [0.1, 0.15) is 0 Å². The number of rotatable bonds is 5. The van der Waals surface area contributed by atoms with E-state index in [9.17, 15) is 0 Å². The van der Waals surface area contributed by atoms with E-state index in [-0.39, 0.29) is 6.10 Å². The summed E-state index contributed by atoms with van der Waals surface area (Å²) >= 11 is 0. The van der Waals surface area contributed by atoms with Crippen molar-refractivity contribution < 1.29 is 9.47 Å². The van der Waals surface area contributed by atoms with Gasteiger partial charge in [0.2, 0.25) is 0 Å². The monoisotopic (exact) mass is 235 g/mol. The van der Waals surface area contributed by atoms with Gasteiger partial charge in [0.25, 0.3) is 0 Å². The minimum atomic E-state index is 0.286. The third-order valence-electron chi connectivity index (χ3n) is 3.17. The Morgan fingerprint density at radius 1 is 1.24 bits per heavy atom. The van der Waals surface area contributed by atoms with Crippen LogP contribution in [0.3, 0.4) is 0 Å². The number of benzene rings is 1. The van der Waals surface area contributed by atoms with Crippen molar-refractivity contribution in [2.45, 2.75) is 38.5 Å². The van der Waals surface area contributed by atoms with Crippen molar-refractivity contribution in [1.29, 1.82) is 0 Å². The molecule has 94 valence electrons. The Morgan fingerprint density at radius 3 is 2.76 bits per heavy atom. The predicted molar refractivity (Wildman–Crippen MR) is 67.6 cm³/mol. The second-order valence-electron chi connectivity index (χ2n) is 4.48. The fourth-order valence-corrected chi connectivity index (χ4v) is 2.14. The minimum absolute atomic E-state index is 0.286. The molecule has 0 amide bonds. The average molecular weight is 235 g/mol. The molecule has 0 spiro atoms. The van der Waals surface area contributed by atoms with Gasteiger partial charge < -0.3 is 15.2 Å². The van der Waals surface area contributed by atoms with Gasteiger partial charge in [0.15, 0.2) is 0 Å². The van der Waals surface area contributed by atoms with Gasteiger partial charge in [-0.25, -0.2) is 0 Å². The molecule has 1 unspecified atom stereocenters. The molecular weight excluding hydrogens is 214 g/mol. The molecule has 0 radical (unpaired) electrons. The molecule has 3 nitrogen and oxygen atoms in total. The van der Waals surface area contributed by atoms with E-state index in [1.54, 1.807) is 0 Å². The summed E-state index contributed by atoms with van der Waals surface area (Å²) in [6.45, 7) is 2.78. The first-order valence-electron chi connectivity index (χ1n) is 6.36. The molecule has 1 aliphatic rings. The highest BCUT2D eigenvalue weighted by Gasteiger charge is 2.13. The maximum Gasteiger partial charge on any atom is 0.0808 e. The second kappa shape index (κ2) is 6.74. The van der Waals surface area contributed by atoms with Crippen LogP contribution in [0.2, 0.25) is 0 Å². The zero-order chi connectivity index (χ0) is 11.9. The lowest BCUT2D eigenvalue weighted by Crippen LogP contribution is -2.24. The van der Waals surface area contributed by atoms with Crippen LogP contribution >= 0.6 is 0 Å². The smallest absolute Gasteiger partial charge is 0.0808 e. The summed E-state index contributed by atoms with van der Waals surface area (Å²) in [5.41, 5.74) is 8.03. The predicted octanol–water partition coefficient (Wildman–Crippen LogP) is 2.23. The lowest BCUT2D eigenvalue weighted by Gasteiger charge is -2.22. The van der Waals surface area contributed by atoms with Crippen LogP contribution in [0, 0.1) is 0 Å². The maximum absolute atomic E-state index is 5.72.